The molecule has 0 aromatic heterocycles. The first-order valence-corrected chi connectivity index (χ1v) is 12.6. The number of carbonyl (C=O) groups is 1. The molecule has 3 aliphatic heterocycles. The van der Waals surface area contributed by atoms with Crippen LogP contribution in [0, 0.1) is 5.92 Å². The van der Waals surface area contributed by atoms with E-state index in [0.717, 1.165) is 71.1 Å². The molecule has 0 bridgehead atoms. The Balaban J connectivity index is 1.41. The Labute approximate surface area is 164 Å². The quantitative estimate of drug-likeness (QED) is 0.712. The molecule has 4 fully saturated rings. The molecule has 4 rings (SSSR count). The number of likely N-dealkylation sites (tertiary alicyclic amines) is 2. The summed E-state index contributed by atoms with van der Waals surface area (Å²) in [7, 11) is -3.33. The molecule has 0 spiro atoms. The summed E-state index contributed by atoms with van der Waals surface area (Å²) >= 11 is 0. The first-order chi connectivity index (χ1) is 13.1. The Morgan fingerprint density at radius 2 is 1.52 bits per heavy atom. The van der Waals surface area contributed by atoms with Gasteiger partial charge in [-0.15, -0.1) is 0 Å². The Bertz CT molecular complexity index is 626. The van der Waals surface area contributed by atoms with Crippen molar-refractivity contribution in [3.8, 4) is 0 Å². The molecule has 1 aliphatic carbocycles. The predicted octanol–water partition coefficient (Wildman–Crippen LogP) is 2.06. The Morgan fingerprint density at radius 3 is 2.26 bits per heavy atom. The van der Waals surface area contributed by atoms with Crippen LogP contribution in [0.25, 0.3) is 0 Å². The zero-order valence-electron chi connectivity index (χ0n) is 16.5. The zero-order chi connectivity index (χ0) is 18.9. The van der Waals surface area contributed by atoms with E-state index in [2.05, 4.69) is 4.90 Å². The van der Waals surface area contributed by atoms with Gasteiger partial charge in [-0.25, -0.2) is 8.42 Å². The number of hydrogen-bond donors (Lipinski definition) is 0. The van der Waals surface area contributed by atoms with Crippen LogP contribution in [-0.4, -0.2) is 79.0 Å². The van der Waals surface area contributed by atoms with Crippen molar-refractivity contribution in [2.24, 2.45) is 5.92 Å². The molecule has 3 saturated heterocycles. The number of piperidine rings is 1. The third kappa shape index (κ3) is 4.20. The highest BCUT2D eigenvalue weighted by atomic mass is 32.2. The number of carbonyl (C=O) groups excluding carboxylic acids is 1. The Kier molecular flexibility index (Phi) is 6.09. The van der Waals surface area contributed by atoms with Crippen molar-refractivity contribution in [3.63, 3.8) is 0 Å². The molecule has 0 radical (unpaired) electrons. The number of sulfonamides is 1. The number of hydrogen-bond acceptors (Lipinski definition) is 4. The second-order valence-corrected chi connectivity index (χ2v) is 11.2. The van der Waals surface area contributed by atoms with Gasteiger partial charge in [0.2, 0.25) is 15.9 Å². The van der Waals surface area contributed by atoms with E-state index < -0.39 is 15.3 Å². The lowest BCUT2D eigenvalue weighted by Gasteiger charge is -2.37. The van der Waals surface area contributed by atoms with E-state index in [4.69, 9.17) is 0 Å². The highest BCUT2D eigenvalue weighted by molar-refractivity contribution is 7.89. The summed E-state index contributed by atoms with van der Waals surface area (Å²) in [6, 6.07) is 0.133. The van der Waals surface area contributed by atoms with Crippen molar-refractivity contribution >= 4 is 15.9 Å². The van der Waals surface area contributed by atoms with E-state index in [1.807, 2.05) is 4.90 Å². The summed E-state index contributed by atoms with van der Waals surface area (Å²) in [5.74, 6) is 0.351. The molecule has 0 aromatic carbocycles. The van der Waals surface area contributed by atoms with Crippen molar-refractivity contribution in [2.45, 2.75) is 75.5 Å². The maximum atomic E-state index is 13.4. The largest absolute Gasteiger partial charge is 0.341 e. The second-order valence-electron chi connectivity index (χ2n) is 8.99. The summed E-state index contributed by atoms with van der Waals surface area (Å²) in [4.78, 5) is 17.1. The van der Waals surface area contributed by atoms with Gasteiger partial charge in [-0.1, -0.05) is 12.8 Å². The summed E-state index contributed by atoms with van der Waals surface area (Å²) in [6.07, 6.45) is 10.2. The van der Waals surface area contributed by atoms with Gasteiger partial charge in [0.1, 0.15) is 0 Å². The summed E-state index contributed by atoms with van der Waals surface area (Å²) in [6.45, 7) is 4.91. The van der Waals surface area contributed by atoms with Gasteiger partial charge in [-0.3, -0.25) is 4.79 Å². The molecule has 2 unspecified atom stereocenters. The first-order valence-electron chi connectivity index (χ1n) is 11.1. The lowest BCUT2D eigenvalue weighted by atomic mass is 10.0. The first kappa shape index (κ1) is 19.6. The van der Waals surface area contributed by atoms with Crippen LogP contribution >= 0.6 is 0 Å². The number of amides is 1. The number of rotatable bonds is 5. The predicted molar refractivity (Wildman–Crippen MR) is 106 cm³/mol. The maximum Gasteiger partial charge on any atom is 0.225 e. The van der Waals surface area contributed by atoms with E-state index >= 15 is 0 Å². The molecule has 154 valence electrons. The molecule has 1 saturated carbocycles. The standard InChI is InChI=1S/C20H35N3O3S/c24-20(17-7-1-2-8-17)22-13-6-10-19(16-22)27(25,26)23-14-5-9-18(23)15-21-11-3-4-12-21/h17-19H,1-16H2. The fraction of sp³-hybridized carbons (Fsp3) is 0.950. The molecule has 6 nitrogen and oxygen atoms in total. The lowest BCUT2D eigenvalue weighted by molar-refractivity contribution is -0.136. The maximum absolute atomic E-state index is 13.4. The van der Waals surface area contributed by atoms with Crippen LogP contribution in [0.5, 0.6) is 0 Å². The highest BCUT2D eigenvalue weighted by Crippen LogP contribution is 2.31. The van der Waals surface area contributed by atoms with E-state index in [9.17, 15) is 13.2 Å². The minimum absolute atomic E-state index is 0.133. The van der Waals surface area contributed by atoms with Crippen LogP contribution in [0.4, 0.5) is 0 Å². The molecule has 0 aromatic rings. The zero-order valence-corrected chi connectivity index (χ0v) is 17.3. The van der Waals surface area contributed by atoms with Crippen LogP contribution in [0.3, 0.4) is 0 Å². The summed E-state index contributed by atoms with van der Waals surface area (Å²) < 4.78 is 28.7. The van der Waals surface area contributed by atoms with Gasteiger partial charge in [0.15, 0.2) is 0 Å². The Hall–Kier alpha value is -0.660. The Morgan fingerprint density at radius 1 is 0.815 bits per heavy atom. The van der Waals surface area contributed by atoms with Gasteiger partial charge in [-0.2, -0.15) is 4.31 Å². The van der Waals surface area contributed by atoms with Crippen molar-refractivity contribution in [3.05, 3.63) is 0 Å². The van der Waals surface area contributed by atoms with Crippen LogP contribution in [0.15, 0.2) is 0 Å². The number of nitrogens with zero attached hydrogens (tertiary/aromatic N) is 3. The van der Waals surface area contributed by atoms with Crippen LogP contribution < -0.4 is 0 Å². The highest BCUT2D eigenvalue weighted by Gasteiger charge is 2.42. The molecular formula is C20H35N3O3S. The summed E-state index contributed by atoms with van der Waals surface area (Å²) in [5, 5.41) is -0.407. The van der Waals surface area contributed by atoms with Crippen molar-refractivity contribution in [1.82, 2.24) is 14.1 Å². The normalized spacial score (nSPS) is 31.8. The summed E-state index contributed by atoms with van der Waals surface area (Å²) in [5.41, 5.74) is 0. The molecule has 1 amide bonds. The molecule has 3 heterocycles. The average Bonchev–Trinajstić information content (AvgIpc) is 3.44. The van der Waals surface area contributed by atoms with Crippen molar-refractivity contribution < 1.29 is 13.2 Å². The third-order valence-electron chi connectivity index (χ3n) is 7.13. The van der Waals surface area contributed by atoms with Gasteiger partial charge in [0, 0.05) is 38.1 Å². The third-order valence-corrected chi connectivity index (χ3v) is 9.49. The van der Waals surface area contributed by atoms with Crippen molar-refractivity contribution in [1.29, 1.82) is 0 Å². The molecule has 7 heteroatoms. The molecule has 27 heavy (non-hydrogen) atoms. The molecule has 4 aliphatic rings. The van der Waals surface area contributed by atoms with Crippen LogP contribution in [-0.2, 0) is 14.8 Å². The van der Waals surface area contributed by atoms with Gasteiger partial charge in [0.25, 0.3) is 0 Å². The lowest BCUT2D eigenvalue weighted by Crippen LogP contribution is -2.52. The average molecular weight is 398 g/mol. The monoisotopic (exact) mass is 397 g/mol. The SMILES string of the molecule is O=C(C1CCCC1)N1CCCC(S(=O)(=O)N2CCCC2CN2CCCC2)C1. The molecule has 0 N–H and O–H groups in total. The minimum atomic E-state index is -3.33. The second kappa shape index (κ2) is 8.37. The van der Waals surface area contributed by atoms with Gasteiger partial charge in [0.05, 0.1) is 5.25 Å². The fourth-order valence-corrected chi connectivity index (χ4v) is 7.78. The van der Waals surface area contributed by atoms with Crippen molar-refractivity contribution in [2.75, 3.05) is 39.3 Å². The van der Waals surface area contributed by atoms with E-state index in [-0.39, 0.29) is 17.9 Å². The van der Waals surface area contributed by atoms with Crippen LogP contribution in [0.2, 0.25) is 0 Å². The smallest absolute Gasteiger partial charge is 0.225 e. The van der Waals surface area contributed by atoms with Gasteiger partial charge in [-0.05, 0) is 64.5 Å². The topological polar surface area (TPSA) is 60.9 Å². The molecule has 2 atom stereocenters. The fourth-order valence-electron chi connectivity index (χ4n) is 5.59. The van der Waals surface area contributed by atoms with E-state index in [1.165, 1.54) is 12.8 Å². The van der Waals surface area contributed by atoms with E-state index in [1.54, 1.807) is 4.31 Å². The molecular weight excluding hydrogens is 362 g/mol. The van der Waals surface area contributed by atoms with E-state index in [0.29, 0.717) is 19.5 Å². The van der Waals surface area contributed by atoms with Gasteiger partial charge >= 0.3 is 0 Å². The van der Waals surface area contributed by atoms with Gasteiger partial charge < -0.3 is 9.80 Å². The van der Waals surface area contributed by atoms with Crippen LogP contribution in [0.1, 0.15) is 64.2 Å². The minimum Gasteiger partial charge on any atom is -0.341 e.